The minimum Gasteiger partial charge on any atom is -0.478 e. The maximum Gasteiger partial charge on any atom is 0.328 e. The van der Waals surface area contributed by atoms with Gasteiger partial charge in [0.15, 0.2) is 0 Å². The van der Waals surface area contributed by atoms with Crippen molar-refractivity contribution in [1.29, 1.82) is 0 Å². The number of nitrogens with zero attached hydrogens (tertiary/aromatic N) is 2. The van der Waals surface area contributed by atoms with Gasteiger partial charge in [-0.05, 0) is 31.1 Å². The number of nitro benzene ring substituents is 1. The zero-order chi connectivity index (χ0) is 16.0. The fourth-order valence-electron chi connectivity index (χ4n) is 2.10. The third kappa shape index (κ3) is 4.59. The molecular formula is C15H20N2O4. The van der Waals surface area contributed by atoms with Gasteiger partial charge in [-0.2, -0.15) is 0 Å². The average molecular weight is 292 g/mol. The first-order valence-electron chi connectivity index (χ1n) is 6.79. The van der Waals surface area contributed by atoms with Gasteiger partial charge in [-0.1, -0.05) is 19.4 Å². The molecule has 21 heavy (non-hydrogen) atoms. The molecule has 0 amide bonds. The van der Waals surface area contributed by atoms with Gasteiger partial charge in [0.2, 0.25) is 0 Å². The molecule has 0 spiro atoms. The third-order valence-corrected chi connectivity index (χ3v) is 3.36. The molecule has 0 aromatic heterocycles. The molecular weight excluding hydrogens is 272 g/mol. The lowest BCUT2D eigenvalue weighted by atomic mass is 10.1. The van der Waals surface area contributed by atoms with Crippen LogP contribution in [0.15, 0.2) is 24.3 Å². The SMILES string of the molecule is CCCC(C)N(C)c1ccc(/C=C/C(=O)O)cc1[N+](=O)[O-]. The molecule has 0 bridgehead atoms. The van der Waals surface area contributed by atoms with Crippen molar-refractivity contribution in [3.05, 3.63) is 40.0 Å². The predicted molar refractivity (Wildman–Crippen MR) is 82.5 cm³/mol. The molecule has 0 aliphatic rings. The molecule has 0 fully saturated rings. The minimum atomic E-state index is -1.09. The van der Waals surface area contributed by atoms with Gasteiger partial charge >= 0.3 is 5.97 Å². The van der Waals surface area contributed by atoms with E-state index < -0.39 is 10.9 Å². The summed E-state index contributed by atoms with van der Waals surface area (Å²) in [6.45, 7) is 4.09. The van der Waals surface area contributed by atoms with Crippen molar-refractivity contribution in [2.45, 2.75) is 32.7 Å². The standard InChI is InChI=1S/C15H20N2O4/c1-4-5-11(2)16(3)13-8-6-12(7-9-15(18)19)10-14(13)17(20)21/h6-11H,4-5H2,1-3H3,(H,18,19)/b9-7+. The molecule has 0 radical (unpaired) electrons. The number of hydrogen-bond donors (Lipinski definition) is 1. The molecule has 114 valence electrons. The van der Waals surface area contributed by atoms with Crippen molar-refractivity contribution >= 4 is 23.4 Å². The number of nitro groups is 1. The first-order valence-corrected chi connectivity index (χ1v) is 6.79. The van der Waals surface area contributed by atoms with Crippen LogP contribution in [0.4, 0.5) is 11.4 Å². The van der Waals surface area contributed by atoms with Crippen molar-refractivity contribution in [2.75, 3.05) is 11.9 Å². The zero-order valence-electron chi connectivity index (χ0n) is 12.4. The zero-order valence-corrected chi connectivity index (χ0v) is 12.4. The number of carboxylic acids is 1. The Hall–Kier alpha value is -2.37. The Bertz CT molecular complexity index is 555. The van der Waals surface area contributed by atoms with Crippen LogP contribution in [0.1, 0.15) is 32.3 Å². The summed E-state index contributed by atoms with van der Waals surface area (Å²) in [4.78, 5) is 23.2. The van der Waals surface area contributed by atoms with Crippen molar-refractivity contribution in [2.24, 2.45) is 0 Å². The van der Waals surface area contributed by atoms with Crippen molar-refractivity contribution < 1.29 is 14.8 Å². The van der Waals surface area contributed by atoms with E-state index in [4.69, 9.17) is 5.11 Å². The first-order chi connectivity index (χ1) is 9.86. The Morgan fingerprint density at radius 2 is 2.19 bits per heavy atom. The quantitative estimate of drug-likeness (QED) is 0.473. The highest BCUT2D eigenvalue weighted by Crippen LogP contribution is 2.30. The fraction of sp³-hybridized carbons (Fsp3) is 0.400. The molecule has 0 heterocycles. The van der Waals surface area contributed by atoms with E-state index in [0.29, 0.717) is 11.3 Å². The van der Waals surface area contributed by atoms with Gasteiger partial charge in [0.25, 0.3) is 5.69 Å². The fourth-order valence-corrected chi connectivity index (χ4v) is 2.10. The second-order valence-electron chi connectivity index (χ2n) is 4.93. The number of rotatable bonds is 7. The van der Waals surface area contributed by atoms with E-state index in [2.05, 4.69) is 6.92 Å². The molecule has 1 rings (SSSR count). The van der Waals surface area contributed by atoms with Crippen molar-refractivity contribution in [3.63, 3.8) is 0 Å². The number of carboxylic acid groups (broad SMARTS) is 1. The second-order valence-corrected chi connectivity index (χ2v) is 4.93. The van der Waals surface area contributed by atoms with E-state index in [1.54, 1.807) is 12.1 Å². The van der Waals surface area contributed by atoms with Crippen LogP contribution in [0.25, 0.3) is 6.08 Å². The van der Waals surface area contributed by atoms with Gasteiger partial charge in [0.05, 0.1) is 4.92 Å². The summed E-state index contributed by atoms with van der Waals surface area (Å²) < 4.78 is 0. The lowest BCUT2D eigenvalue weighted by molar-refractivity contribution is -0.384. The summed E-state index contributed by atoms with van der Waals surface area (Å²) in [5.74, 6) is -1.09. The largest absolute Gasteiger partial charge is 0.478 e. The highest BCUT2D eigenvalue weighted by atomic mass is 16.6. The van der Waals surface area contributed by atoms with Crippen LogP contribution in [-0.2, 0) is 4.79 Å². The van der Waals surface area contributed by atoms with Crippen LogP contribution in [0, 0.1) is 10.1 Å². The number of carbonyl (C=O) groups is 1. The molecule has 0 saturated carbocycles. The Labute approximate surface area is 123 Å². The van der Waals surface area contributed by atoms with Crippen LogP contribution < -0.4 is 4.90 Å². The highest BCUT2D eigenvalue weighted by Gasteiger charge is 2.20. The lowest BCUT2D eigenvalue weighted by Gasteiger charge is -2.26. The Morgan fingerprint density at radius 3 is 2.71 bits per heavy atom. The maximum atomic E-state index is 11.2. The number of aliphatic carboxylic acids is 1. The molecule has 6 heteroatoms. The van der Waals surface area contributed by atoms with Gasteiger partial charge in [-0.25, -0.2) is 4.79 Å². The normalized spacial score (nSPS) is 12.3. The molecule has 0 aliphatic heterocycles. The monoisotopic (exact) mass is 292 g/mol. The molecule has 1 aromatic rings. The molecule has 6 nitrogen and oxygen atoms in total. The minimum absolute atomic E-state index is 0.0204. The summed E-state index contributed by atoms with van der Waals surface area (Å²) in [7, 11) is 1.83. The van der Waals surface area contributed by atoms with Crippen LogP contribution in [-0.4, -0.2) is 29.1 Å². The van der Waals surface area contributed by atoms with E-state index in [1.807, 2.05) is 18.9 Å². The Morgan fingerprint density at radius 1 is 1.52 bits per heavy atom. The Balaban J connectivity index is 3.16. The summed E-state index contributed by atoms with van der Waals surface area (Å²) >= 11 is 0. The van der Waals surface area contributed by atoms with Gasteiger partial charge < -0.3 is 10.0 Å². The number of hydrogen-bond acceptors (Lipinski definition) is 4. The van der Waals surface area contributed by atoms with E-state index in [-0.39, 0.29) is 11.7 Å². The van der Waals surface area contributed by atoms with Gasteiger partial charge in [0.1, 0.15) is 5.69 Å². The van der Waals surface area contributed by atoms with Crippen molar-refractivity contribution in [3.8, 4) is 0 Å². The lowest BCUT2D eigenvalue weighted by Crippen LogP contribution is -2.29. The predicted octanol–water partition coefficient (Wildman–Crippen LogP) is 3.32. The van der Waals surface area contributed by atoms with E-state index in [9.17, 15) is 14.9 Å². The van der Waals surface area contributed by atoms with E-state index in [1.165, 1.54) is 12.1 Å². The van der Waals surface area contributed by atoms with Crippen LogP contribution in [0.2, 0.25) is 0 Å². The van der Waals surface area contributed by atoms with Crippen LogP contribution in [0.5, 0.6) is 0 Å². The molecule has 1 N–H and O–H groups in total. The van der Waals surface area contributed by atoms with E-state index >= 15 is 0 Å². The Kier molecular flexibility index (Phi) is 5.90. The van der Waals surface area contributed by atoms with Crippen LogP contribution in [0.3, 0.4) is 0 Å². The molecule has 0 saturated heterocycles. The maximum absolute atomic E-state index is 11.2. The first kappa shape index (κ1) is 16.7. The smallest absolute Gasteiger partial charge is 0.328 e. The number of anilines is 1. The van der Waals surface area contributed by atoms with Gasteiger partial charge in [-0.3, -0.25) is 10.1 Å². The highest BCUT2D eigenvalue weighted by molar-refractivity contribution is 5.85. The summed E-state index contributed by atoms with van der Waals surface area (Å²) in [5.41, 5.74) is 1.01. The number of benzene rings is 1. The second kappa shape index (κ2) is 7.42. The topological polar surface area (TPSA) is 83.7 Å². The molecule has 1 unspecified atom stereocenters. The van der Waals surface area contributed by atoms with Gasteiger partial charge in [0, 0.05) is 25.2 Å². The van der Waals surface area contributed by atoms with Gasteiger partial charge in [-0.15, -0.1) is 0 Å². The van der Waals surface area contributed by atoms with E-state index in [0.717, 1.165) is 18.9 Å². The summed E-state index contributed by atoms with van der Waals surface area (Å²) in [6.07, 6.45) is 4.24. The van der Waals surface area contributed by atoms with Crippen molar-refractivity contribution in [1.82, 2.24) is 0 Å². The average Bonchev–Trinajstić information content (AvgIpc) is 2.44. The third-order valence-electron chi connectivity index (χ3n) is 3.36. The summed E-state index contributed by atoms with van der Waals surface area (Å²) in [5, 5.41) is 19.8. The molecule has 0 aliphatic carbocycles. The van der Waals surface area contributed by atoms with Crippen LogP contribution >= 0.6 is 0 Å². The molecule has 1 aromatic carbocycles. The molecule has 1 atom stereocenters. The summed E-state index contributed by atoms with van der Waals surface area (Å²) in [6, 6.07) is 4.92.